The van der Waals surface area contributed by atoms with Crippen LogP contribution >= 0.6 is 0 Å². The predicted octanol–water partition coefficient (Wildman–Crippen LogP) is 2.64. The molecule has 0 aromatic heterocycles. The van der Waals surface area contributed by atoms with E-state index in [0.29, 0.717) is 0 Å². The van der Waals surface area contributed by atoms with Crippen molar-refractivity contribution < 1.29 is 14.6 Å². The molecule has 3 nitrogen and oxygen atoms in total. The van der Waals surface area contributed by atoms with Crippen molar-refractivity contribution in [1.29, 1.82) is 0 Å². The van der Waals surface area contributed by atoms with Crippen LogP contribution in [-0.4, -0.2) is 23.3 Å². The highest BCUT2D eigenvalue weighted by Gasteiger charge is 2.30. The molecule has 2 rings (SSSR count). The van der Waals surface area contributed by atoms with E-state index in [-0.39, 0.29) is 12.0 Å². The van der Waals surface area contributed by atoms with Gasteiger partial charge in [-0.15, -0.1) is 0 Å². The van der Waals surface area contributed by atoms with E-state index in [1.165, 1.54) is 18.9 Å². The number of carbonyl (C=O) groups excluding carboxylic acids is 1. The SMILES string of the molecule is C[C@@H](O)C(=O)O[C@@H]1CCCC[C@H]1c1ccccc1. The number of esters is 1. The van der Waals surface area contributed by atoms with Gasteiger partial charge in [-0.2, -0.15) is 0 Å². The van der Waals surface area contributed by atoms with Crippen LogP contribution in [0, 0.1) is 0 Å². The summed E-state index contributed by atoms with van der Waals surface area (Å²) in [4.78, 5) is 11.5. The fourth-order valence-electron chi connectivity index (χ4n) is 2.57. The van der Waals surface area contributed by atoms with E-state index < -0.39 is 12.1 Å². The number of hydrogen-bond acceptors (Lipinski definition) is 3. The quantitative estimate of drug-likeness (QED) is 0.836. The molecule has 0 saturated heterocycles. The molecule has 1 saturated carbocycles. The summed E-state index contributed by atoms with van der Waals surface area (Å²) in [5.74, 6) is -0.245. The lowest BCUT2D eigenvalue weighted by Gasteiger charge is -2.31. The van der Waals surface area contributed by atoms with Crippen molar-refractivity contribution in [3.63, 3.8) is 0 Å². The summed E-state index contributed by atoms with van der Waals surface area (Å²) in [6.07, 6.45) is 3.05. The monoisotopic (exact) mass is 248 g/mol. The minimum atomic E-state index is -1.04. The Morgan fingerprint density at radius 1 is 1.28 bits per heavy atom. The number of aliphatic hydroxyl groups excluding tert-OH is 1. The van der Waals surface area contributed by atoms with Crippen LogP contribution in [-0.2, 0) is 9.53 Å². The molecule has 0 aliphatic heterocycles. The lowest BCUT2D eigenvalue weighted by molar-refractivity contribution is -0.160. The zero-order valence-electron chi connectivity index (χ0n) is 10.7. The van der Waals surface area contributed by atoms with E-state index >= 15 is 0 Å². The number of carbonyl (C=O) groups is 1. The van der Waals surface area contributed by atoms with Crippen LogP contribution in [0.2, 0.25) is 0 Å². The van der Waals surface area contributed by atoms with Gasteiger partial charge in [0.2, 0.25) is 0 Å². The largest absolute Gasteiger partial charge is 0.460 e. The summed E-state index contributed by atoms with van der Waals surface area (Å²) in [5.41, 5.74) is 1.22. The lowest BCUT2D eigenvalue weighted by atomic mass is 9.81. The molecule has 0 radical (unpaired) electrons. The van der Waals surface area contributed by atoms with E-state index in [1.54, 1.807) is 0 Å². The first-order valence-corrected chi connectivity index (χ1v) is 6.62. The maximum atomic E-state index is 11.5. The van der Waals surface area contributed by atoms with Crippen LogP contribution in [0.3, 0.4) is 0 Å². The van der Waals surface area contributed by atoms with E-state index in [2.05, 4.69) is 12.1 Å². The van der Waals surface area contributed by atoms with Gasteiger partial charge in [-0.1, -0.05) is 36.8 Å². The number of benzene rings is 1. The molecule has 18 heavy (non-hydrogen) atoms. The molecule has 0 unspecified atom stereocenters. The molecule has 1 aliphatic carbocycles. The van der Waals surface area contributed by atoms with E-state index in [0.717, 1.165) is 19.3 Å². The van der Waals surface area contributed by atoms with Crippen molar-refractivity contribution in [3.05, 3.63) is 35.9 Å². The van der Waals surface area contributed by atoms with Crippen LogP contribution in [0.25, 0.3) is 0 Å². The van der Waals surface area contributed by atoms with Crippen LogP contribution in [0.4, 0.5) is 0 Å². The van der Waals surface area contributed by atoms with Crippen LogP contribution < -0.4 is 0 Å². The van der Waals surface area contributed by atoms with Gasteiger partial charge in [0.15, 0.2) is 0 Å². The van der Waals surface area contributed by atoms with Crippen molar-refractivity contribution in [3.8, 4) is 0 Å². The summed E-state index contributed by atoms with van der Waals surface area (Å²) in [7, 11) is 0. The fraction of sp³-hybridized carbons (Fsp3) is 0.533. The maximum absolute atomic E-state index is 11.5. The Morgan fingerprint density at radius 2 is 1.94 bits per heavy atom. The van der Waals surface area contributed by atoms with Crippen molar-refractivity contribution in [2.45, 2.75) is 50.7 Å². The zero-order valence-corrected chi connectivity index (χ0v) is 10.7. The van der Waals surface area contributed by atoms with Crippen molar-refractivity contribution >= 4 is 5.97 Å². The smallest absolute Gasteiger partial charge is 0.334 e. The van der Waals surface area contributed by atoms with Gasteiger partial charge in [-0.3, -0.25) is 0 Å². The average molecular weight is 248 g/mol. The molecule has 1 aromatic rings. The lowest BCUT2D eigenvalue weighted by Crippen LogP contribution is -2.32. The summed E-state index contributed by atoms with van der Waals surface area (Å²) >= 11 is 0. The molecule has 3 atom stereocenters. The molecule has 0 amide bonds. The second kappa shape index (κ2) is 6.01. The molecule has 1 aliphatic rings. The fourth-order valence-corrected chi connectivity index (χ4v) is 2.57. The minimum absolute atomic E-state index is 0.0942. The maximum Gasteiger partial charge on any atom is 0.334 e. The summed E-state index contributed by atoms with van der Waals surface area (Å²) in [6.45, 7) is 1.45. The zero-order chi connectivity index (χ0) is 13.0. The second-order valence-corrected chi connectivity index (χ2v) is 4.95. The Hall–Kier alpha value is -1.35. The Kier molecular flexibility index (Phi) is 4.37. The van der Waals surface area contributed by atoms with Gasteiger partial charge in [0, 0.05) is 5.92 Å². The summed E-state index contributed by atoms with van der Waals surface area (Å²) in [6, 6.07) is 10.2. The van der Waals surface area contributed by atoms with Gasteiger partial charge < -0.3 is 9.84 Å². The molecule has 1 aromatic carbocycles. The number of rotatable bonds is 3. The van der Waals surface area contributed by atoms with E-state index in [4.69, 9.17) is 4.74 Å². The molecular formula is C15H20O3. The second-order valence-electron chi connectivity index (χ2n) is 4.95. The molecule has 1 fully saturated rings. The van der Waals surface area contributed by atoms with Crippen LogP contribution in [0.15, 0.2) is 30.3 Å². The molecule has 0 bridgehead atoms. The Balaban J connectivity index is 2.09. The van der Waals surface area contributed by atoms with Crippen LogP contribution in [0.5, 0.6) is 0 Å². The van der Waals surface area contributed by atoms with Gasteiger partial charge in [0.05, 0.1) is 0 Å². The molecular weight excluding hydrogens is 228 g/mol. The molecule has 98 valence electrons. The minimum Gasteiger partial charge on any atom is -0.460 e. The summed E-state index contributed by atoms with van der Waals surface area (Å²) in [5, 5.41) is 9.23. The Morgan fingerprint density at radius 3 is 2.61 bits per heavy atom. The molecule has 0 spiro atoms. The van der Waals surface area contributed by atoms with Crippen molar-refractivity contribution in [2.24, 2.45) is 0 Å². The third-order valence-electron chi connectivity index (χ3n) is 3.54. The number of aliphatic hydroxyl groups is 1. The highest BCUT2D eigenvalue weighted by atomic mass is 16.6. The third-order valence-corrected chi connectivity index (χ3v) is 3.54. The van der Waals surface area contributed by atoms with Gasteiger partial charge in [0.1, 0.15) is 12.2 Å². The van der Waals surface area contributed by atoms with Gasteiger partial charge in [-0.05, 0) is 31.7 Å². The molecule has 1 N–H and O–H groups in total. The standard InChI is InChI=1S/C15H20O3/c1-11(16)15(17)18-14-10-6-5-9-13(14)12-7-3-2-4-8-12/h2-4,7-8,11,13-14,16H,5-6,9-10H2,1H3/t11-,13+,14-/m1/s1. The molecule has 3 heteroatoms. The van der Waals surface area contributed by atoms with Gasteiger partial charge in [-0.25, -0.2) is 4.79 Å². The third kappa shape index (κ3) is 3.10. The normalized spacial score (nSPS) is 25.4. The number of ether oxygens (including phenoxy) is 1. The predicted molar refractivity (Wildman–Crippen MR) is 69.2 cm³/mol. The highest BCUT2D eigenvalue weighted by Crippen LogP contribution is 2.35. The Labute approximate surface area is 108 Å². The molecule has 0 heterocycles. The van der Waals surface area contributed by atoms with Crippen molar-refractivity contribution in [1.82, 2.24) is 0 Å². The highest BCUT2D eigenvalue weighted by molar-refractivity contribution is 5.74. The van der Waals surface area contributed by atoms with Crippen LogP contribution in [0.1, 0.15) is 44.1 Å². The van der Waals surface area contributed by atoms with Gasteiger partial charge >= 0.3 is 5.97 Å². The first-order chi connectivity index (χ1) is 8.68. The Bertz CT molecular complexity index is 386. The van der Waals surface area contributed by atoms with E-state index in [1.807, 2.05) is 18.2 Å². The topological polar surface area (TPSA) is 46.5 Å². The average Bonchev–Trinajstić information content (AvgIpc) is 2.40. The van der Waals surface area contributed by atoms with E-state index in [9.17, 15) is 9.90 Å². The van der Waals surface area contributed by atoms with Gasteiger partial charge in [0.25, 0.3) is 0 Å². The van der Waals surface area contributed by atoms with Crippen molar-refractivity contribution in [2.75, 3.05) is 0 Å². The summed E-state index contributed by atoms with van der Waals surface area (Å²) < 4.78 is 5.43. The first kappa shape index (κ1) is 13.1. The number of hydrogen-bond donors (Lipinski definition) is 1. The first-order valence-electron chi connectivity index (χ1n) is 6.62.